The molecule has 6 heteroatoms. The monoisotopic (exact) mass is 269 g/mol. The molecule has 1 amide bonds. The highest BCUT2D eigenvalue weighted by molar-refractivity contribution is 8.00. The molecule has 0 saturated carbocycles. The molecule has 0 atom stereocenters. The highest BCUT2D eigenvalue weighted by Gasteiger charge is 2.05. The van der Waals surface area contributed by atoms with Crippen molar-refractivity contribution in [1.29, 1.82) is 5.26 Å². The smallest absolute Gasteiger partial charge is 0.230 e. The van der Waals surface area contributed by atoms with Gasteiger partial charge >= 0.3 is 0 Å². The number of carbonyl (C=O) groups excluding carboxylic acids is 1. The molecule has 90 valence electrons. The molecule has 0 aliphatic rings. The Morgan fingerprint density at radius 3 is 3.06 bits per heavy atom. The number of anilines is 1. The van der Waals surface area contributed by atoms with Gasteiger partial charge in [-0.2, -0.15) is 5.26 Å². The van der Waals surface area contributed by atoms with Crippen LogP contribution < -0.4 is 11.1 Å². The van der Waals surface area contributed by atoms with Crippen LogP contribution in [0.4, 0.5) is 5.69 Å². The van der Waals surface area contributed by atoms with E-state index >= 15 is 0 Å². The average Bonchev–Trinajstić information content (AvgIpc) is 2.31. The molecule has 0 bridgehead atoms. The van der Waals surface area contributed by atoms with Crippen molar-refractivity contribution in [2.24, 2.45) is 0 Å². The zero-order valence-corrected chi connectivity index (χ0v) is 10.6. The van der Waals surface area contributed by atoms with Crippen LogP contribution in [0.25, 0.3) is 0 Å². The summed E-state index contributed by atoms with van der Waals surface area (Å²) < 4.78 is 0. The van der Waals surface area contributed by atoms with Crippen molar-refractivity contribution in [1.82, 2.24) is 5.32 Å². The van der Waals surface area contributed by atoms with Crippen molar-refractivity contribution >= 4 is 35.0 Å². The number of rotatable bonds is 5. The maximum absolute atomic E-state index is 11.4. The molecule has 3 N–H and O–H groups in total. The number of benzene rings is 1. The van der Waals surface area contributed by atoms with Gasteiger partial charge in [-0.1, -0.05) is 11.6 Å². The Hall–Kier alpha value is -1.38. The molecule has 1 aromatic carbocycles. The summed E-state index contributed by atoms with van der Waals surface area (Å²) in [6.45, 7) is 0.376. The minimum Gasteiger partial charge on any atom is -0.399 e. The lowest BCUT2D eigenvalue weighted by Gasteiger charge is -2.05. The van der Waals surface area contributed by atoms with E-state index in [9.17, 15) is 4.79 Å². The van der Waals surface area contributed by atoms with Gasteiger partial charge in [-0.25, -0.2) is 0 Å². The average molecular weight is 270 g/mol. The van der Waals surface area contributed by atoms with Gasteiger partial charge in [0, 0.05) is 17.1 Å². The molecule has 17 heavy (non-hydrogen) atoms. The zero-order valence-electron chi connectivity index (χ0n) is 9.07. The van der Waals surface area contributed by atoms with E-state index in [0.29, 0.717) is 23.7 Å². The molecular weight excluding hydrogens is 258 g/mol. The first-order valence-corrected chi connectivity index (χ1v) is 6.31. The van der Waals surface area contributed by atoms with Crippen LogP contribution in [0.15, 0.2) is 23.1 Å². The molecule has 0 aromatic heterocycles. The van der Waals surface area contributed by atoms with Crippen LogP contribution in [-0.2, 0) is 4.79 Å². The van der Waals surface area contributed by atoms with Gasteiger partial charge in [-0.15, -0.1) is 11.8 Å². The van der Waals surface area contributed by atoms with Crippen molar-refractivity contribution in [2.75, 3.05) is 18.0 Å². The van der Waals surface area contributed by atoms with Gasteiger partial charge in [-0.05, 0) is 18.2 Å². The fourth-order valence-corrected chi connectivity index (χ4v) is 2.18. The topological polar surface area (TPSA) is 78.9 Å². The van der Waals surface area contributed by atoms with Crippen LogP contribution in [0.1, 0.15) is 6.42 Å². The number of nitrogens with two attached hydrogens (primary N) is 1. The number of nitrogens with one attached hydrogen (secondary N) is 1. The third-order valence-electron chi connectivity index (χ3n) is 1.87. The first-order valence-electron chi connectivity index (χ1n) is 4.95. The predicted octanol–water partition coefficient (Wildman–Crippen LogP) is 2.04. The quantitative estimate of drug-likeness (QED) is 0.487. The van der Waals surface area contributed by atoms with Gasteiger partial charge in [0.15, 0.2) is 0 Å². The molecule has 0 fully saturated rings. The van der Waals surface area contributed by atoms with Crippen LogP contribution in [0, 0.1) is 11.3 Å². The van der Waals surface area contributed by atoms with Crippen molar-refractivity contribution in [2.45, 2.75) is 11.3 Å². The van der Waals surface area contributed by atoms with E-state index in [4.69, 9.17) is 22.6 Å². The molecule has 0 saturated heterocycles. The Morgan fingerprint density at radius 2 is 2.35 bits per heavy atom. The minimum atomic E-state index is -0.122. The highest BCUT2D eigenvalue weighted by Crippen LogP contribution is 2.28. The summed E-state index contributed by atoms with van der Waals surface area (Å²) >= 11 is 7.28. The van der Waals surface area contributed by atoms with Crippen LogP contribution in [0.5, 0.6) is 0 Å². The maximum atomic E-state index is 11.4. The second-order valence-electron chi connectivity index (χ2n) is 3.24. The lowest BCUT2D eigenvalue weighted by Crippen LogP contribution is -2.25. The number of carbonyl (C=O) groups is 1. The van der Waals surface area contributed by atoms with E-state index in [-0.39, 0.29) is 11.7 Å². The van der Waals surface area contributed by atoms with Gasteiger partial charge in [-0.3, -0.25) is 4.79 Å². The van der Waals surface area contributed by atoms with Gasteiger partial charge in [0.25, 0.3) is 0 Å². The molecular formula is C11H12ClN3OS. The molecule has 0 unspecified atom stereocenters. The summed E-state index contributed by atoms with van der Waals surface area (Å²) in [6, 6.07) is 7.09. The number of thioether (sulfide) groups is 1. The Morgan fingerprint density at radius 1 is 1.59 bits per heavy atom. The van der Waals surface area contributed by atoms with Gasteiger partial charge in [0.1, 0.15) is 0 Å². The standard InChI is InChI=1S/C11H12ClN3OS/c12-9-3-2-8(14)6-10(9)17-7-11(16)15-5-1-4-13/h2-3,6H,1,5,7,14H2,(H,15,16). The lowest BCUT2D eigenvalue weighted by atomic mass is 10.3. The third-order valence-corrected chi connectivity index (χ3v) is 3.37. The number of amides is 1. The summed E-state index contributed by atoms with van der Waals surface area (Å²) in [7, 11) is 0. The first kappa shape index (κ1) is 13.7. The van der Waals surface area contributed by atoms with Crippen LogP contribution >= 0.6 is 23.4 Å². The fourth-order valence-electron chi connectivity index (χ4n) is 1.08. The number of hydrogen-bond acceptors (Lipinski definition) is 4. The molecule has 1 rings (SSSR count). The van der Waals surface area contributed by atoms with Gasteiger partial charge in [0.05, 0.1) is 23.3 Å². The molecule has 0 heterocycles. The molecule has 0 spiro atoms. The lowest BCUT2D eigenvalue weighted by molar-refractivity contribution is -0.118. The Kier molecular flexibility index (Phi) is 5.67. The van der Waals surface area contributed by atoms with E-state index < -0.39 is 0 Å². The SMILES string of the molecule is N#CCCNC(=O)CSc1cc(N)ccc1Cl. The molecule has 0 radical (unpaired) electrons. The first-order chi connectivity index (χ1) is 8.13. The third kappa shape index (κ3) is 4.98. The number of halogens is 1. The van der Waals surface area contributed by atoms with Crippen LogP contribution in [0.2, 0.25) is 5.02 Å². The summed E-state index contributed by atoms with van der Waals surface area (Å²) in [6.07, 6.45) is 0.315. The van der Waals surface area contributed by atoms with Crippen LogP contribution in [0.3, 0.4) is 0 Å². The minimum absolute atomic E-state index is 0.122. The highest BCUT2D eigenvalue weighted by atomic mass is 35.5. The second-order valence-corrected chi connectivity index (χ2v) is 4.66. The van der Waals surface area contributed by atoms with Gasteiger partial charge < -0.3 is 11.1 Å². The molecule has 1 aromatic rings. The Bertz CT molecular complexity index is 445. The van der Waals surface area contributed by atoms with Crippen LogP contribution in [-0.4, -0.2) is 18.2 Å². The van der Waals surface area contributed by atoms with E-state index in [1.807, 2.05) is 6.07 Å². The van der Waals surface area contributed by atoms with E-state index in [0.717, 1.165) is 4.90 Å². The summed E-state index contributed by atoms with van der Waals surface area (Å²) in [4.78, 5) is 12.2. The fraction of sp³-hybridized carbons (Fsp3) is 0.273. The number of nitrogens with zero attached hydrogens (tertiary/aromatic N) is 1. The maximum Gasteiger partial charge on any atom is 0.230 e. The van der Waals surface area contributed by atoms with Gasteiger partial charge in [0.2, 0.25) is 5.91 Å². The van der Waals surface area contributed by atoms with Crippen molar-refractivity contribution in [3.05, 3.63) is 23.2 Å². The number of nitrogen functional groups attached to an aromatic ring is 1. The normalized spacial score (nSPS) is 9.65. The van der Waals surface area contributed by atoms with Crippen molar-refractivity contribution < 1.29 is 4.79 Å². The van der Waals surface area contributed by atoms with Crippen molar-refractivity contribution in [3.8, 4) is 6.07 Å². The summed E-state index contributed by atoms with van der Waals surface area (Å²) in [5.41, 5.74) is 6.24. The summed E-state index contributed by atoms with van der Waals surface area (Å²) in [5, 5.41) is 11.5. The Balaban J connectivity index is 2.42. The predicted molar refractivity (Wildman–Crippen MR) is 69.8 cm³/mol. The molecule has 0 aliphatic carbocycles. The van der Waals surface area contributed by atoms with E-state index in [2.05, 4.69) is 5.32 Å². The zero-order chi connectivity index (χ0) is 12.7. The summed E-state index contributed by atoms with van der Waals surface area (Å²) in [5.74, 6) is 0.137. The number of nitriles is 1. The molecule has 0 aliphatic heterocycles. The Labute approximate surface area is 109 Å². The number of hydrogen-bond donors (Lipinski definition) is 2. The van der Waals surface area contributed by atoms with E-state index in [1.54, 1.807) is 18.2 Å². The van der Waals surface area contributed by atoms with E-state index in [1.165, 1.54) is 11.8 Å². The van der Waals surface area contributed by atoms with Crippen molar-refractivity contribution in [3.63, 3.8) is 0 Å². The molecule has 4 nitrogen and oxygen atoms in total. The second kappa shape index (κ2) is 7.05. The largest absolute Gasteiger partial charge is 0.399 e.